The molecule has 0 spiro atoms. The number of halogens is 1. The Morgan fingerprint density at radius 1 is 1.30 bits per heavy atom. The first kappa shape index (κ1) is 16.1. The van der Waals surface area contributed by atoms with Crippen molar-refractivity contribution in [2.24, 2.45) is 7.05 Å². The molecule has 1 unspecified atom stereocenters. The Kier molecular flexibility index (Phi) is 4.75. The molecule has 1 aromatic carbocycles. The Balaban J connectivity index is 1.69. The Bertz CT molecular complexity index is 644. The van der Waals surface area contributed by atoms with Crippen LogP contribution in [0.1, 0.15) is 11.1 Å². The van der Waals surface area contributed by atoms with E-state index < -0.39 is 5.60 Å². The van der Waals surface area contributed by atoms with E-state index in [-0.39, 0.29) is 12.4 Å². The highest BCUT2D eigenvalue weighted by Gasteiger charge is 2.36. The number of aliphatic hydroxyl groups is 1. The molecule has 2 aromatic rings. The van der Waals surface area contributed by atoms with Crippen LogP contribution in [0.25, 0.3) is 0 Å². The number of aromatic nitrogens is 2. The molecule has 124 valence electrons. The summed E-state index contributed by atoms with van der Waals surface area (Å²) in [7, 11) is 1.90. The number of hydrogen-bond donors (Lipinski definition) is 1. The number of rotatable bonds is 5. The van der Waals surface area contributed by atoms with Crippen LogP contribution in [0.5, 0.6) is 0 Å². The number of benzene rings is 1. The van der Waals surface area contributed by atoms with Gasteiger partial charge in [0.05, 0.1) is 19.4 Å². The number of aryl methyl sites for hydroxylation is 1. The fourth-order valence-electron chi connectivity index (χ4n) is 3.10. The Morgan fingerprint density at radius 3 is 2.74 bits per heavy atom. The molecule has 0 bridgehead atoms. The van der Waals surface area contributed by atoms with Gasteiger partial charge in [-0.2, -0.15) is 5.10 Å². The summed E-state index contributed by atoms with van der Waals surface area (Å²) >= 11 is 0. The van der Waals surface area contributed by atoms with Gasteiger partial charge in [-0.25, -0.2) is 4.39 Å². The molecule has 1 aromatic heterocycles. The number of ether oxygens (including phenoxy) is 1. The quantitative estimate of drug-likeness (QED) is 0.904. The fraction of sp³-hybridized carbons (Fsp3) is 0.471. The van der Waals surface area contributed by atoms with Crippen molar-refractivity contribution >= 4 is 0 Å². The summed E-state index contributed by atoms with van der Waals surface area (Å²) in [6, 6.07) is 6.37. The molecule has 23 heavy (non-hydrogen) atoms. The zero-order chi connectivity index (χ0) is 16.3. The first-order valence-electron chi connectivity index (χ1n) is 7.78. The van der Waals surface area contributed by atoms with Gasteiger partial charge < -0.3 is 9.84 Å². The fourth-order valence-corrected chi connectivity index (χ4v) is 3.10. The van der Waals surface area contributed by atoms with Gasteiger partial charge >= 0.3 is 0 Å². The summed E-state index contributed by atoms with van der Waals surface area (Å²) in [6.07, 6.45) is 4.42. The van der Waals surface area contributed by atoms with Crippen LogP contribution in [0, 0.1) is 5.82 Å². The summed E-state index contributed by atoms with van der Waals surface area (Å²) < 4.78 is 20.8. The molecule has 2 heterocycles. The van der Waals surface area contributed by atoms with Crippen molar-refractivity contribution in [1.82, 2.24) is 14.7 Å². The van der Waals surface area contributed by atoms with Crippen LogP contribution in [-0.4, -0.2) is 51.7 Å². The van der Waals surface area contributed by atoms with E-state index in [2.05, 4.69) is 10.00 Å². The lowest BCUT2D eigenvalue weighted by atomic mass is 9.93. The zero-order valence-electron chi connectivity index (χ0n) is 13.3. The predicted molar refractivity (Wildman–Crippen MR) is 84.4 cm³/mol. The maximum Gasteiger partial charge on any atom is 0.123 e. The number of hydrogen-bond acceptors (Lipinski definition) is 4. The minimum atomic E-state index is -0.641. The molecular weight excluding hydrogens is 297 g/mol. The monoisotopic (exact) mass is 319 g/mol. The van der Waals surface area contributed by atoms with Crippen molar-refractivity contribution in [3.63, 3.8) is 0 Å². The molecule has 1 saturated heterocycles. The van der Waals surface area contributed by atoms with Crippen molar-refractivity contribution in [1.29, 1.82) is 0 Å². The van der Waals surface area contributed by atoms with Crippen LogP contribution < -0.4 is 0 Å². The van der Waals surface area contributed by atoms with Crippen molar-refractivity contribution in [2.45, 2.75) is 18.6 Å². The highest BCUT2D eigenvalue weighted by molar-refractivity contribution is 5.19. The Morgan fingerprint density at radius 2 is 2.09 bits per heavy atom. The molecular formula is C17H22FN3O2. The lowest BCUT2D eigenvalue weighted by Gasteiger charge is -2.41. The number of aliphatic hydroxyl groups excluding tert-OH is 1. The highest BCUT2D eigenvalue weighted by atomic mass is 19.1. The van der Waals surface area contributed by atoms with Crippen LogP contribution in [-0.2, 0) is 24.8 Å². The van der Waals surface area contributed by atoms with E-state index in [9.17, 15) is 9.50 Å². The van der Waals surface area contributed by atoms with Gasteiger partial charge in [0, 0.05) is 44.9 Å². The normalized spacial score (nSPS) is 22.4. The summed E-state index contributed by atoms with van der Waals surface area (Å²) in [5, 5.41) is 14.1. The molecule has 5 nitrogen and oxygen atoms in total. The smallest absolute Gasteiger partial charge is 0.123 e. The molecule has 0 amide bonds. The maximum absolute atomic E-state index is 13.1. The maximum atomic E-state index is 13.1. The van der Waals surface area contributed by atoms with Crippen molar-refractivity contribution in [3.8, 4) is 0 Å². The van der Waals surface area contributed by atoms with Crippen LogP contribution in [0.2, 0.25) is 0 Å². The molecule has 1 aliphatic rings. The average Bonchev–Trinajstić information content (AvgIpc) is 2.95. The first-order chi connectivity index (χ1) is 11.1. The lowest BCUT2D eigenvalue weighted by molar-refractivity contribution is -0.134. The van der Waals surface area contributed by atoms with E-state index in [1.165, 1.54) is 12.1 Å². The molecule has 1 atom stereocenters. The van der Waals surface area contributed by atoms with Gasteiger partial charge in [0.2, 0.25) is 0 Å². The first-order valence-corrected chi connectivity index (χ1v) is 7.78. The van der Waals surface area contributed by atoms with Crippen molar-refractivity contribution in [3.05, 3.63) is 53.6 Å². The molecule has 0 radical (unpaired) electrons. The molecule has 6 heteroatoms. The topological polar surface area (TPSA) is 50.5 Å². The van der Waals surface area contributed by atoms with Gasteiger partial charge in [-0.1, -0.05) is 12.1 Å². The molecule has 1 aliphatic heterocycles. The summed E-state index contributed by atoms with van der Waals surface area (Å²) in [5.41, 5.74) is 1.46. The van der Waals surface area contributed by atoms with Crippen molar-refractivity contribution in [2.75, 3.05) is 26.3 Å². The summed E-state index contributed by atoms with van der Waals surface area (Å²) in [6.45, 7) is 2.74. The van der Waals surface area contributed by atoms with Crippen LogP contribution in [0.4, 0.5) is 4.39 Å². The van der Waals surface area contributed by atoms with Gasteiger partial charge in [-0.3, -0.25) is 9.58 Å². The SMILES string of the molecule is Cn1cc(CN2CCOC(CO)(Cc3ccc(F)cc3)C2)cn1. The largest absolute Gasteiger partial charge is 0.393 e. The van der Waals surface area contributed by atoms with Crippen LogP contribution >= 0.6 is 0 Å². The van der Waals surface area contributed by atoms with Crippen LogP contribution in [0.3, 0.4) is 0 Å². The van der Waals surface area contributed by atoms with E-state index >= 15 is 0 Å². The van der Waals surface area contributed by atoms with Crippen molar-refractivity contribution < 1.29 is 14.2 Å². The van der Waals surface area contributed by atoms with E-state index in [4.69, 9.17) is 4.74 Å². The number of nitrogens with zero attached hydrogens (tertiary/aromatic N) is 3. The number of morpholine rings is 1. The minimum Gasteiger partial charge on any atom is -0.393 e. The summed E-state index contributed by atoms with van der Waals surface area (Å²) in [5.74, 6) is -0.255. The standard InChI is InChI=1S/C17H22FN3O2/c1-20-10-15(9-19-20)11-21-6-7-23-17(12-21,13-22)8-14-2-4-16(18)5-3-14/h2-5,9-10,22H,6-8,11-13H2,1H3. The van der Waals surface area contributed by atoms with Gasteiger partial charge in [-0.05, 0) is 17.7 Å². The molecule has 0 aliphatic carbocycles. The lowest BCUT2D eigenvalue weighted by Crippen LogP contribution is -2.55. The summed E-state index contributed by atoms with van der Waals surface area (Å²) in [4.78, 5) is 2.26. The van der Waals surface area contributed by atoms with E-state index in [0.717, 1.165) is 24.2 Å². The average molecular weight is 319 g/mol. The van der Waals surface area contributed by atoms with Gasteiger partial charge in [0.1, 0.15) is 11.4 Å². The Hall–Kier alpha value is -1.76. The Labute approximate surface area is 135 Å². The van der Waals surface area contributed by atoms with Gasteiger partial charge in [0.25, 0.3) is 0 Å². The van der Waals surface area contributed by atoms with E-state index in [1.807, 2.05) is 19.4 Å². The van der Waals surface area contributed by atoms with Crippen LogP contribution in [0.15, 0.2) is 36.7 Å². The predicted octanol–water partition coefficient (Wildman–Crippen LogP) is 1.37. The zero-order valence-corrected chi connectivity index (χ0v) is 13.3. The van der Waals surface area contributed by atoms with Gasteiger partial charge in [-0.15, -0.1) is 0 Å². The van der Waals surface area contributed by atoms with E-state index in [0.29, 0.717) is 19.6 Å². The molecule has 1 N–H and O–H groups in total. The minimum absolute atomic E-state index is 0.0616. The third-order valence-electron chi connectivity index (χ3n) is 4.22. The molecule has 1 fully saturated rings. The van der Waals surface area contributed by atoms with E-state index in [1.54, 1.807) is 16.8 Å². The second-order valence-corrected chi connectivity index (χ2v) is 6.23. The third-order valence-corrected chi connectivity index (χ3v) is 4.22. The van der Waals surface area contributed by atoms with Gasteiger partial charge in [0.15, 0.2) is 0 Å². The molecule has 3 rings (SSSR count). The third kappa shape index (κ3) is 3.96. The second kappa shape index (κ2) is 6.78. The highest BCUT2D eigenvalue weighted by Crippen LogP contribution is 2.24. The molecule has 0 saturated carbocycles. The second-order valence-electron chi connectivity index (χ2n) is 6.23.